The molecule has 1 aromatic heterocycles. The van der Waals surface area contributed by atoms with E-state index >= 15 is 0 Å². The number of carboxylic acid groups (broad SMARTS) is 1. The molecule has 24 heavy (non-hydrogen) atoms. The van der Waals surface area contributed by atoms with E-state index in [-0.39, 0.29) is 23.2 Å². The average Bonchev–Trinajstić information content (AvgIpc) is 2.77. The quantitative estimate of drug-likeness (QED) is 0.895. The molecule has 1 fully saturated rings. The summed E-state index contributed by atoms with van der Waals surface area (Å²) in [6.07, 6.45) is 1.26. The topological polar surface area (TPSA) is 84.7 Å². The smallest absolute Gasteiger partial charge is 0.410 e. The molecule has 1 aliphatic rings. The molecule has 1 aromatic rings. The van der Waals surface area contributed by atoms with E-state index in [0.29, 0.717) is 12.2 Å². The summed E-state index contributed by atoms with van der Waals surface area (Å²) in [7, 11) is 1.59. The Kier molecular flexibility index (Phi) is 4.65. The third kappa shape index (κ3) is 4.07. The summed E-state index contributed by atoms with van der Waals surface area (Å²) in [5.74, 6) is -1.03. The summed E-state index contributed by atoms with van der Waals surface area (Å²) in [6.45, 7) is 10.3. The van der Waals surface area contributed by atoms with Crippen molar-refractivity contribution in [3.8, 4) is 0 Å². The van der Waals surface area contributed by atoms with Gasteiger partial charge >= 0.3 is 12.1 Å². The van der Waals surface area contributed by atoms with Crippen molar-refractivity contribution in [2.24, 2.45) is 12.5 Å². The zero-order valence-electron chi connectivity index (χ0n) is 15.3. The molecule has 0 spiro atoms. The second-order valence-electron chi connectivity index (χ2n) is 8.21. The van der Waals surface area contributed by atoms with Crippen LogP contribution in [0.2, 0.25) is 0 Å². The zero-order chi connectivity index (χ0) is 18.3. The molecule has 7 nitrogen and oxygen atoms in total. The highest BCUT2D eigenvalue weighted by molar-refractivity contribution is 5.85. The third-order valence-corrected chi connectivity index (χ3v) is 4.16. The number of likely N-dealkylation sites (tertiary alicyclic amines) is 1. The van der Waals surface area contributed by atoms with Crippen molar-refractivity contribution in [1.29, 1.82) is 0 Å². The molecule has 2 rings (SSSR count). The molecule has 1 N–H and O–H groups in total. The molecule has 0 aliphatic carbocycles. The van der Waals surface area contributed by atoms with Crippen LogP contribution in [-0.2, 0) is 11.8 Å². The molecule has 1 unspecified atom stereocenters. The van der Waals surface area contributed by atoms with Gasteiger partial charge in [0.2, 0.25) is 0 Å². The number of aromatic nitrogens is 2. The molecule has 1 atom stereocenters. The fourth-order valence-corrected chi connectivity index (χ4v) is 3.01. The van der Waals surface area contributed by atoms with Gasteiger partial charge in [-0.1, -0.05) is 13.8 Å². The minimum atomic E-state index is -1.03. The van der Waals surface area contributed by atoms with E-state index in [9.17, 15) is 14.7 Å². The minimum Gasteiger partial charge on any atom is -0.477 e. The van der Waals surface area contributed by atoms with Gasteiger partial charge in [-0.15, -0.1) is 0 Å². The summed E-state index contributed by atoms with van der Waals surface area (Å²) < 4.78 is 6.88. The van der Waals surface area contributed by atoms with Gasteiger partial charge in [-0.2, -0.15) is 5.10 Å². The van der Waals surface area contributed by atoms with Gasteiger partial charge in [0.1, 0.15) is 11.3 Å². The maximum absolute atomic E-state index is 12.7. The Bertz CT molecular complexity index is 643. The van der Waals surface area contributed by atoms with Gasteiger partial charge in [-0.05, 0) is 45.1 Å². The van der Waals surface area contributed by atoms with Crippen LogP contribution in [0.3, 0.4) is 0 Å². The second-order valence-corrected chi connectivity index (χ2v) is 8.21. The largest absolute Gasteiger partial charge is 0.477 e. The van der Waals surface area contributed by atoms with Crippen molar-refractivity contribution >= 4 is 12.1 Å². The Morgan fingerprint density at radius 3 is 2.50 bits per heavy atom. The highest BCUT2D eigenvalue weighted by Gasteiger charge is 2.39. The predicted molar refractivity (Wildman–Crippen MR) is 88.9 cm³/mol. The maximum Gasteiger partial charge on any atom is 0.410 e. The lowest BCUT2D eigenvalue weighted by Crippen LogP contribution is -2.47. The van der Waals surface area contributed by atoms with E-state index in [1.54, 1.807) is 18.0 Å². The van der Waals surface area contributed by atoms with E-state index in [2.05, 4.69) is 18.9 Å². The SMILES string of the molecule is Cn1nc(C2CCC(C)(C)CN2C(=O)OC(C)(C)C)cc1C(=O)O. The monoisotopic (exact) mass is 337 g/mol. The van der Waals surface area contributed by atoms with Crippen molar-refractivity contribution < 1.29 is 19.4 Å². The van der Waals surface area contributed by atoms with Gasteiger partial charge in [0, 0.05) is 13.6 Å². The fraction of sp³-hybridized carbons (Fsp3) is 0.706. The van der Waals surface area contributed by atoms with Gasteiger partial charge in [0.25, 0.3) is 0 Å². The number of rotatable bonds is 2. The Balaban J connectivity index is 2.33. The Labute approximate surface area is 142 Å². The average molecular weight is 337 g/mol. The minimum absolute atomic E-state index is 0.0161. The first-order valence-corrected chi connectivity index (χ1v) is 8.16. The molecule has 0 saturated carbocycles. The summed E-state index contributed by atoms with van der Waals surface area (Å²) in [5, 5.41) is 13.5. The molecule has 7 heteroatoms. The number of amides is 1. The normalized spacial score (nSPS) is 20.8. The molecule has 1 aliphatic heterocycles. The van der Waals surface area contributed by atoms with Crippen LogP contribution in [0.5, 0.6) is 0 Å². The second kappa shape index (κ2) is 6.11. The van der Waals surface area contributed by atoms with Crippen molar-refractivity contribution in [2.75, 3.05) is 6.54 Å². The number of nitrogens with zero attached hydrogens (tertiary/aromatic N) is 3. The van der Waals surface area contributed by atoms with Crippen molar-refractivity contribution in [3.63, 3.8) is 0 Å². The lowest BCUT2D eigenvalue weighted by atomic mass is 9.80. The molecule has 2 heterocycles. The van der Waals surface area contributed by atoms with Crippen LogP contribution in [0.25, 0.3) is 0 Å². The van der Waals surface area contributed by atoms with Crippen LogP contribution in [-0.4, -0.2) is 44.0 Å². The summed E-state index contributed by atoms with van der Waals surface area (Å²) in [6, 6.07) is 1.27. The summed E-state index contributed by atoms with van der Waals surface area (Å²) in [5.41, 5.74) is 0.104. The first-order valence-electron chi connectivity index (χ1n) is 8.16. The van der Waals surface area contributed by atoms with E-state index in [1.165, 1.54) is 4.68 Å². The highest BCUT2D eigenvalue weighted by Crippen LogP contribution is 2.39. The Morgan fingerprint density at radius 2 is 2.00 bits per heavy atom. The van der Waals surface area contributed by atoms with E-state index in [4.69, 9.17) is 4.74 Å². The third-order valence-electron chi connectivity index (χ3n) is 4.16. The van der Waals surface area contributed by atoms with Crippen LogP contribution in [0.4, 0.5) is 4.79 Å². The maximum atomic E-state index is 12.7. The van der Waals surface area contributed by atoms with Gasteiger partial charge in [0.05, 0.1) is 11.7 Å². The lowest BCUT2D eigenvalue weighted by molar-refractivity contribution is -0.00870. The molecule has 134 valence electrons. The van der Waals surface area contributed by atoms with Crippen LogP contribution < -0.4 is 0 Å². The standard InChI is InChI=1S/C17H27N3O4/c1-16(2,3)24-15(23)20-10-17(4,5)8-7-12(20)11-9-13(14(21)22)19(6)18-11/h9,12H,7-8,10H2,1-6H3,(H,21,22). The van der Waals surface area contributed by atoms with Crippen LogP contribution >= 0.6 is 0 Å². The molecule has 0 radical (unpaired) electrons. The number of carbonyl (C=O) groups excluding carboxylic acids is 1. The molecule has 0 aromatic carbocycles. The fourth-order valence-electron chi connectivity index (χ4n) is 3.01. The van der Waals surface area contributed by atoms with E-state index in [0.717, 1.165) is 12.8 Å². The molecular weight excluding hydrogens is 310 g/mol. The van der Waals surface area contributed by atoms with Crippen molar-refractivity contribution in [2.45, 2.75) is 59.1 Å². The number of ether oxygens (including phenoxy) is 1. The number of hydrogen-bond acceptors (Lipinski definition) is 4. The Hall–Kier alpha value is -2.05. The van der Waals surface area contributed by atoms with Crippen LogP contribution in [0.1, 0.15) is 69.7 Å². The first-order chi connectivity index (χ1) is 10.9. The summed E-state index contributed by atoms with van der Waals surface area (Å²) >= 11 is 0. The van der Waals surface area contributed by atoms with E-state index in [1.807, 2.05) is 20.8 Å². The summed E-state index contributed by atoms with van der Waals surface area (Å²) in [4.78, 5) is 25.6. The molecule has 0 bridgehead atoms. The van der Waals surface area contributed by atoms with Crippen molar-refractivity contribution in [1.82, 2.24) is 14.7 Å². The Morgan fingerprint density at radius 1 is 1.38 bits per heavy atom. The lowest BCUT2D eigenvalue weighted by Gasteiger charge is -2.43. The number of aromatic carboxylic acids is 1. The number of carbonyl (C=O) groups is 2. The first kappa shape index (κ1) is 18.3. The highest BCUT2D eigenvalue weighted by atomic mass is 16.6. The van der Waals surface area contributed by atoms with Gasteiger partial charge < -0.3 is 9.84 Å². The number of piperidine rings is 1. The number of hydrogen-bond donors (Lipinski definition) is 1. The molecule has 1 saturated heterocycles. The van der Waals surface area contributed by atoms with Crippen LogP contribution in [0, 0.1) is 5.41 Å². The number of aryl methyl sites for hydroxylation is 1. The van der Waals surface area contributed by atoms with E-state index < -0.39 is 11.6 Å². The van der Waals surface area contributed by atoms with Gasteiger partial charge in [-0.25, -0.2) is 9.59 Å². The molecule has 1 amide bonds. The molecular formula is C17H27N3O4. The van der Waals surface area contributed by atoms with Gasteiger partial charge in [0.15, 0.2) is 0 Å². The van der Waals surface area contributed by atoms with Crippen molar-refractivity contribution in [3.05, 3.63) is 17.5 Å². The van der Waals surface area contributed by atoms with Gasteiger partial charge in [-0.3, -0.25) is 9.58 Å². The van der Waals surface area contributed by atoms with Crippen LogP contribution in [0.15, 0.2) is 6.07 Å². The predicted octanol–water partition coefficient (Wildman–Crippen LogP) is 3.22. The number of carboxylic acids is 1. The zero-order valence-corrected chi connectivity index (χ0v) is 15.3.